The molecule has 0 saturated carbocycles. The van der Waals surface area contributed by atoms with Crippen molar-refractivity contribution in [1.29, 1.82) is 0 Å². The van der Waals surface area contributed by atoms with Crippen LogP contribution in [0.3, 0.4) is 0 Å². The lowest BCUT2D eigenvalue weighted by atomic mass is 10.1. The zero-order chi connectivity index (χ0) is 9.23. The molecular weight excluding hydrogens is 152 g/mol. The summed E-state index contributed by atoms with van der Waals surface area (Å²) in [6.45, 7) is 4.90. The summed E-state index contributed by atoms with van der Waals surface area (Å²) >= 11 is 0. The summed E-state index contributed by atoms with van der Waals surface area (Å²) in [6.07, 6.45) is 6.61. The first-order chi connectivity index (χ1) is 5.81. The van der Waals surface area contributed by atoms with Crippen molar-refractivity contribution in [3.8, 4) is 0 Å². The highest BCUT2D eigenvalue weighted by molar-refractivity contribution is 4.51. The van der Waals surface area contributed by atoms with E-state index in [0.29, 0.717) is 12.7 Å². The first kappa shape index (κ1) is 11.9. The normalized spacial score (nSPS) is 13.2. The summed E-state index contributed by atoms with van der Waals surface area (Å²) in [7, 11) is 0. The Labute approximate surface area is 75.9 Å². The van der Waals surface area contributed by atoms with Gasteiger partial charge in [-0.2, -0.15) is 0 Å². The molecule has 0 aromatic carbocycles. The van der Waals surface area contributed by atoms with Crippen LogP contribution in [0.4, 0.5) is 0 Å². The molecule has 1 atom stereocenters. The van der Waals surface area contributed by atoms with E-state index in [1.807, 2.05) is 0 Å². The number of hydrogen-bond donors (Lipinski definition) is 1. The van der Waals surface area contributed by atoms with Gasteiger partial charge in [-0.15, -0.1) is 0 Å². The maximum Gasteiger partial charge on any atom is 0.0701 e. The molecule has 0 aliphatic heterocycles. The van der Waals surface area contributed by atoms with E-state index >= 15 is 0 Å². The van der Waals surface area contributed by atoms with E-state index in [1.54, 1.807) is 0 Å². The first-order valence-electron chi connectivity index (χ1n) is 5.03. The number of aliphatic hydroxyl groups is 1. The van der Waals surface area contributed by atoms with Crippen LogP contribution in [0.25, 0.3) is 0 Å². The zero-order valence-corrected chi connectivity index (χ0v) is 8.38. The number of rotatable bonds is 8. The zero-order valence-electron chi connectivity index (χ0n) is 8.38. The third-order valence-electron chi connectivity index (χ3n) is 1.96. The summed E-state index contributed by atoms with van der Waals surface area (Å²) in [5.41, 5.74) is 0. The van der Waals surface area contributed by atoms with Crippen LogP contribution in [-0.2, 0) is 4.74 Å². The lowest BCUT2D eigenvalue weighted by Gasteiger charge is -2.11. The SMILES string of the molecule is CCCCCCC(C)OCCO. The van der Waals surface area contributed by atoms with Crippen molar-refractivity contribution in [3.05, 3.63) is 0 Å². The van der Waals surface area contributed by atoms with Gasteiger partial charge in [-0.25, -0.2) is 0 Å². The van der Waals surface area contributed by atoms with Gasteiger partial charge in [-0.1, -0.05) is 32.6 Å². The van der Waals surface area contributed by atoms with Crippen LogP contribution in [0, 0.1) is 0 Å². The van der Waals surface area contributed by atoms with Crippen molar-refractivity contribution in [1.82, 2.24) is 0 Å². The fourth-order valence-electron chi connectivity index (χ4n) is 1.20. The molecule has 12 heavy (non-hydrogen) atoms. The van der Waals surface area contributed by atoms with Crippen molar-refractivity contribution in [2.75, 3.05) is 13.2 Å². The Morgan fingerprint density at radius 2 is 2.00 bits per heavy atom. The minimum absolute atomic E-state index is 0.138. The van der Waals surface area contributed by atoms with E-state index in [4.69, 9.17) is 9.84 Å². The molecule has 74 valence electrons. The molecule has 0 aliphatic carbocycles. The van der Waals surface area contributed by atoms with Crippen molar-refractivity contribution in [2.24, 2.45) is 0 Å². The summed E-state index contributed by atoms with van der Waals surface area (Å²) in [5, 5.41) is 8.50. The lowest BCUT2D eigenvalue weighted by molar-refractivity contribution is 0.0334. The third-order valence-corrected chi connectivity index (χ3v) is 1.96. The molecule has 2 heteroatoms. The summed E-state index contributed by atoms with van der Waals surface area (Å²) in [5.74, 6) is 0. The molecule has 1 unspecified atom stereocenters. The van der Waals surface area contributed by atoms with Gasteiger partial charge in [0, 0.05) is 0 Å². The first-order valence-corrected chi connectivity index (χ1v) is 5.03. The van der Waals surface area contributed by atoms with Crippen LogP contribution in [0.1, 0.15) is 46.0 Å². The van der Waals surface area contributed by atoms with Crippen molar-refractivity contribution in [3.63, 3.8) is 0 Å². The fourth-order valence-corrected chi connectivity index (χ4v) is 1.20. The summed E-state index contributed by atoms with van der Waals surface area (Å²) < 4.78 is 5.32. The van der Waals surface area contributed by atoms with E-state index < -0.39 is 0 Å². The second kappa shape index (κ2) is 9.01. The van der Waals surface area contributed by atoms with Gasteiger partial charge in [-0.05, 0) is 13.3 Å². The predicted molar refractivity (Wildman–Crippen MR) is 51.3 cm³/mol. The van der Waals surface area contributed by atoms with Gasteiger partial charge in [-0.3, -0.25) is 0 Å². The molecule has 0 bridgehead atoms. The molecule has 2 nitrogen and oxygen atoms in total. The molecule has 0 amide bonds. The molecular formula is C10H22O2. The molecule has 0 rings (SSSR count). The number of hydrogen-bond acceptors (Lipinski definition) is 2. The highest BCUT2D eigenvalue weighted by atomic mass is 16.5. The monoisotopic (exact) mass is 174 g/mol. The molecule has 0 aromatic rings. The molecule has 0 fully saturated rings. The van der Waals surface area contributed by atoms with Gasteiger partial charge in [0.15, 0.2) is 0 Å². The highest BCUT2D eigenvalue weighted by Crippen LogP contribution is 2.07. The number of unbranched alkanes of at least 4 members (excludes halogenated alkanes) is 3. The Hall–Kier alpha value is -0.0800. The number of aliphatic hydroxyl groups excluding tert-OH is 1. The summed E-state index contributed by atoms with van der Waals surface area (Å²) in [6, 6.07) is 0. The quantitative estimate of drug-likeness (QED) is 0.572. The van der Waals surface area contributed by atoms with E-state index in [2.05, 4.69) is 13.8 Å². The van der Waals surface area contributed by atoms with Gasteiger partial charge in [0.2, 0.25) is 0 Å². The van der Waals surface area contributed by atoms with Crippen LogP contribution in [-0.4, -0.2) is 24.4 Å². The van der Waals surface area contributed by atoms with Crippen molar-refractivity contribution >= 4 is 0 Å². The Morgan fingerprint density at radius 3 is 2.58 bits per heavy atom. The topological polar surface area (TPSA) is 29.5 Å². The smallest absolute Gasteiger partial charge is 0.0701 e. The Balaban J connectivity index is 3.02. The molecule has 0 spiro atoms. The van der Waals surface area contributed by atoms with E-state index in [1.165, 1.54) is 25.7 Å². The molecule has 0 saturated heterocycles. The molecule has 0 radical (unpaired) electrons. The van der Waals surface area contributed by atoms with Gasteiger partial charge < -0.3 is 9.84 Å². The van der Waals surface area contributed by atoms with Gasteiger partial charge in [0.25, 0.3) is 0 Å². The average Bonchev–Trinajstić information content (AvgIpc) is 2.09. The highest BCUT2D eigenvalue weighted by Gasteiger charge is 2.00. The molecule has 0 heterocycles. The van der Waals surface area contributed by atoms with Crippen LogP contribution in [0.15, 0.2) is 0 Å². The average molecular weight is 174 g/mol. The minimum Gasteiger partial charge on any atom is -0.394 e. The standard InChI is InChI=1S/C10H22O2/c1-3-4-5-6-7-10(2)12-9-8-11/h10-11H,3-9H2,1-2H3. The maximum absolute atomic E-state index is 8.50. The molecule has 0 aliphatic rings. The maximum atomic E-state index is 8.50. The summed E-state index contributed by atoms with van der Waals surface area (Å²) in [4.78, 5) is 0. The minimum atomic E-state index is 0.138. The van der Waals surface area contributed by atoms with Crippen molar-refractivity contribution < 1.29 is 9.84 Å². The van der Waals surface area contributed by atoms with Gasteiger partial charge in [0.05, 0.1) is 19.3 Å². The molecule has 1 N–H and O–H groups in total. The Kier molecular flexibility index (Phi) is 8.95. The van der Waals surface area contributed by atoms with E-state index in [9.17, 15) is 0 Å². The van der Waals surface area contributed by atoms with Gasteiger partial charge in [0.1, 0.15) is 0 Å². The third kappa shape index (κ3) is 8.02. The van der Waals surface area contributed by atoms with Crippen LogP contribution >= 0.6 is 0 Å². The van der Waals surface area contributed by atoms with Crippen molar-refractivity contribution in [2.45, 2.75) is 52.1 Å². The lowest BCUT2D eigenvalue weighted by Crippen LogP contribution is -2.11. The number of ether oxygens (including phenoxy) is 1. The predicted octanol–water partition coefficient (Wildman–Crippen LogP) is 2.35. The van der Waals surface area contributed by atoms with E-state index in [0.717, 1.165) is 6.42 Å². The second-order valence-corrected chi connectivity index (χ2v) is 3.25. The second-order valence-electron chi connectivity index (χ2n) is 3.25. The fraction of sp³-hybridized carbons (Fsp3) is 1.00. The Bertz CT molecular complexity index is 83.9. The largest absolute Gasteiger partial charge is 0.394 e. The van der Waals surface area contributed by atoms with Crippen LogP contribution < -0.4 is 0 Å². The Morgan fingerprint density at radius 1 is 1.25 bits per heavy atom. The van der Waals surface area contributed by atoms with Crippen LogP contribution in [0.5, 0.6) is 0 Å². The van der Waals surface area contributed by atoms with Gasteiger partial charge >= 0.3 is 0 Å². The van der Waals surface area contributed by atoms with Crippen LogP contribution in [0.2, 0.25) is 0 Å². The van der Waals surface area contributed by atoms with E-state index in [-0.39, 0.29) is 6.61 Å². The molecule has 0 aromatic heterocycles.